The third-order valence-electron chi connectivity index (χ3n) is 2.81. The number of aromatic nitrogens is 1. The zero-order valence-electron chi connectivity index (χ0n) is 10.9. The summed E-state index contributed by atoms with van der Waals surface area (Å²) in [6.45, 7) is 6.94. The fraction of sp³-hybridized carbons (Fsp3) is 0.615. The van der Waals surface area contributed by atoms with Gasteiger partial charge in [0.1, 0.15) is 12.2 Å². The molecule has 2 heterocycles. The quantitative estimate of drug-likeness (QED) is 0.854. The molecule has 5 heteroatoms. The summed E-state index contributed by atoms with van der Waals surface area (Å²) in [6, 6.07) is 3.70. The monoisotopic (exact) mass is 252 g/mol. The molecular weight excluding hydrogens is 232 g/mol. The lowest BCUT2D eigenvalue weighted by atomic mass is 10.2. The predicted molar refractivity (Wildman–Crippen MR) is 68.1 cm³/mol. The molecule has 18 heavy (non-hydrogen) atoms. The number of pyridine rings is 1. The van der Waals surface area contributed by atoms with Crippen molar-refractivity contribution in [3.05, 3.63) is 18.3 Å². The SMILES string of the molecule is CCOc1ncccc1OC(C)C1CNCCO1. The van der Waals surface area contributed by atoms with Crippen LogP contribution in [0, 0.1) is 0 Å². The van der Waals surface area contributed by atoms with Crippen molar-refractivity contribution in [1.29, 1.82) is 0 Å². The van der Waals surface area contributed by atoms with Crippen LogP contribution in [0.3, 0.4) is 0 Å². The molecule has 1 N–H and O–H groups in total. The van der Waals surface area contributed by atoms with Crippen molar-refractivity contribution < 1.29 is 14.2 Å². The maximum atomic E-state index is 5.88. The van der Waals surface area contributed by atoms with Crippen molar-refractivity contribution >= 4 is 0 Å². The number of hydrogen-bond donors (Lipinski definition) is 1. The van der Waals surface area contributed by atoms with Crippen LogP contribution in [0.25, 0.3) is 0 Å². The predicted octanol–water partition coefficient (Wildman–Crippen LogP) is 1.24. The lowest BCUT2D eigenvalue weighted by Crippen LogP contribution is -2.46. The van der Waals surface area contributed by atoms with Gasteiger partial charge in [0.25, 0.3) is 5.88 Å². The Labute approximate surface area is 107 Å². The Bertz CT molecular complexity index is 367. The van der Waals surface area contributed by atoms with Crippen LogP contribution >= 0.6 is 0 Å². The molecule has 1 aliphatic rings. The molecule has 2 unspecified atom stereocenters. The second-order valence-electron chi connectivity index (χ2n) is 4.18. The first-order valence-corrected chi connectivity index (χ1v) is 6.38. The van der Waals surface area contributed by atoms with E-state index < -0.39 is 0 Å². The van der Waals surface area contributed by atoms with Gasteiger partial charge in [-0.2, -0.15) is 0 Å². The van der Waals surface area contributed by atoms with Crippen LogP contribution in [-0.4, -0.2) is 43.5 Å². The molecule has 0 saturated carbocycles. The van der Waals surface area contributed by atoms with E-state index in [-0.39, 0.29) is 12.2 Å². The number of hydrogen-bond acceptors (Lipinski definition) is 5. The topological polar surface area (TPSA) is 52.6 Å². The van der Waals surface area contributed by atoms with Crippen LogP contribution in [0.4, 0.5) is 0 Å². The third-order valence-corrected chi connectivity index (χ3v) is 2.81. The van der Waals surface area contributed by atoms with Crippen LogP contribution in [0.1, 0.15) is 13.8 Å². The largest absolute Gasteiger partial charge is 0.482 e. The van der Waals surface area contributed by atoms with Gasteiger partial charge in [0, 0.05) is 19.3 Å². The maximum absolute atomic E-state index is 5.88. The van der Waals surface area contributed by atoms with E-state index in [0.717, 1.165) is 19.7 Å². The van der Waals surface area contributed by atoms with Gasteiger partial charge in [-0.15, -0.1) is 0 Å². The minimum absolute atomic E-state index is 0.0405. The molecular formula is C13H20N2O3. The average Bonchev–Trinajstić information content (AvgIpc) is 2.42. The molecule has 1 aromatic rings. The summed E-state index contributed by atoms with van der Waals surface area (Å²) in [6.07, 6.45) is 1.72. The van der Waals surface area contributed by atoms with Crippen molar-refractivity contribution in [2.45, 2.75) is 26.1 Å². The van der Waals surface area contributed by atoms with Crippen molar-refractivity contribution in [2.75, 3.05) is 26.3 Å². The second-order valence-corrected chi connectivity index (χ2v) is 4.18. The van der Waals surface area contributed by atoms with E-state index in [2.05, 4.69) is 10.3 Å². The average molecular weight is 252 g/mol. The van der Waals surface area contributed by atoms with Gasteiger partial charge in [0.15, 0.2) is 5.75 Å². The fourth-order valence-corrected chi connectivity index (χ4v) is 1.87. The highest BCUT2D eigenvalue weighted by Gasteiger charge is 2.23. The molecule has 100 valence electrons. The molecule has 5 nitrogen and oxygen atoms in total. The Morgan fingerprint density at radius 1 is 1.61 bits per heavy atom. The highest BCUT2D eigenvalue weighted by atomic mass is 16.6. The molecule has 0 aromatic carbocycles. The summed E-state index contributed by atoms with van der Waals surface area (Å²) in [5, 5.41) is 3.29. The lowest BCUT2D eigenvalue weighted by Gasteiger charge is -2.29. The molecule has 2 rings (SSSR count). The maximum Gasteiger partial charge on any atom is 0.256 e. The van der Waals surface area contributed by atoms with Gasteiger partial charge in [0.2, 0.25) is 0 Å². The molecule has 1 fully saturated rings. The number of ether oxygens (including phenoxy) is 3. The van der Waals surface area contributed by atoms with Crippen molar-refractivity contribution in [2.24, 2.45) is 0 Å². The van der Waals surface area contributed by atoms with Crippen LogP contribution in [0.5, 0.6) is 11.6 Å². The molecule has 0 spiro atoms. The van der Waals surface area contributed by atoms with E-state index in [0.29, 0.717) is 18.2 Å². The Balaban J connectivity index is 1.99. The van der Waals surface area contributed by atoms with Crippen LogP contribution in [-0.2, 0) is 4.74 Å². The van der Waals surface area contributed by atoms with Gasteiger partial charge in [-0.1, -0.05) is 0 Å². The number of nitrogens with zero attached hydrogens (tertiary/aromatic N) is 1. The van der Waals surface area contributed by atoms with Gasteiger partial charge in [0.05, 0.1) is 13.2 Å². The summed E-state index contributed by atoms with van der Waals surface area (Å²) in [7, 11) is 0. The minimum atomic E-state index is -0.0405. The van der Waals surface area contributed by atoms with Crippen LogP contribution in [0.2, 0.25) is 0 Å². The zero-order valence-corrected chi connectivity index (χ0v) is 10.9. The van der Waals surface area contributed by atoms with Gasteiger partial charge in [-0.05, 0) is 26.0 Å². The molecule has 1 saturated heterocycles. The van der Waals surface area contributed by atoms with Crippen LogP contribution < -0.4 is 14.8 Å². The third kappa shape index (κ3) is 3.34. The van der Waals surface area contributed by atoms with Gasteiger partial charge < -0.3 is 19.5 Å². The highest BCUT2D eigenvalue weighted by Crippen LogP contribution is 2.25. The Morgan fingerprint density at radius 2 is 2.50 bits per heavy atom. The fourth-order valence-electron chi connectivity index (χ4n) is 1.87. The minimum Gasteiger partial charge on any atom is -0.482 e. The first kappa shape index (κ1) is 13.1. The van der Waals surface area contributed by atoms with Crippen molar-refractivity contribution in [3.8, 4) is 11.6 Å². The Hall–Kier alpha value is -1.33. The molecule has 0 amide bonds. The summed E-state index contributed by atoms with van der Waals surface area (Å²) >= 11 is 0. The first-order valence-electron chi connectivity index (χ1n) is 6.38. The Morgan fingerprint density at radius 3 is 3.22 bits per heavy atom. The van der Waals surface area contributed by atoms with Gasteiger partial charge in [-0.25, -0.2) is 4.98 Å². The summed E-state index contributed by atoms with van der Waals surface area (Å²) in [4.78, 5) is 4.16. The summed E-state index contributed by atoms with van der Waals surface area (Å²) < 4.78 is 17.0. The van der Waals surface area contributed by atoms with Gasteiger partial charge in [-0.3, -0.25) is 0 Å². The summed E-state index contributed by atoms with van der Waals surface area (Å²) in [5.74, 6) is 1.21. The molecule has 1 aromatic heterocycles. The standard InChI is InChI=1S/C13H20N2O3/c1-3-16-13-11(5-4-6-15-13)18-10(2)12-9-14-7-8-17-12/h4-6,10,12,14H,3,7-9H2,1-2H3. The molecule has 1 aliphatic heterocycles. The van der Waals surface area contributed by atoms with E-state index in [1.54, 1.807) is 6.20 Å². The van der Waals surface area contributed by atoms with Crippen LogP contribution in [0.15, 0.2) is 18.3 Å². The summed E-state index contributed by atoms with van der Waals surface area (Å²) in [5.41, 5.74) is 0. The number of nitrogens with one attached hydrogen (secondary N) is 1. The number of rotatable bonds is 5. The number of morpholine rings is 1. The molecule has 0 bridgehead atoms. The molecule has 0 aliphatic carbocycles. The molecule has 0 radical (unpaired) electrons. The van der Waals surface area contributed by atoms with E-state index in [1.165, 1.54) is 0 Å². The van der Waals surface area contributed by atoms with Crippen molar-refractivity contribution in [3.63, 3.8) is 0 Å². The van der Waals surface area contributed by atoms with E-state index >= 15 is 0 Å². The first-order chi connectivity index (χ1) is 8.81. The lowest BCUT2D eigenvalue weighted by molar-refractivity contribution is -0.0358. The highest BCUT2D eigenvalue weighted by molar-refractivity contribution is 5.32. The second kappa shape index (κ2) is 6.56. The molecule has 2 atom stereocenters. The smallest absolute Gasteiger partial charge is 0.256 e. The van der Waals surface area contributed by atoms with Gasteiger partial charge >= 0.3 is 0 Å². The van der Waals surface area contributed by atoms with E-state index in [4.69, 9.17) is 14.2 Å². The van der Waals surface area contributed by atoms with E-state index in [1.807, 2.05) is 26.0 Å². The normalized spacial score (nSPS) is 21.3. The zero-order chi connectivity index (χ0) is 12.8. The van der Waals surface area contributed by atoms with Crippen molar-refractivity contribution in [1.82, 2.24) is 10.3 Å². The Kier molecular flexibility index (Phi) is 4.78. The van der Waals surface area contributed by atoms with E-state index in [9.17, 15) is 0 Å².